The number of allylic oxidation sites excluding steroid dienone is 6. The lowest BCUT2D eigenvalue weighted by Crippen LogP contribution is -2.32. The van der Waals surface area contributed by atoms with Crippen molar-refractivity contribution < 1.29 is 92.3 Å². The Morgan fingerprint density at radius 3 is 1.69 bits per heavy atom. The number of nitrogens with zero attached hydrogens (tertiary/aromatic N) is 3. The van der Waals surface area contributed by atoms with Crippen molar-refractivity contribution in [1.29, 1.82) is 0 Å². The lowest BCUT2D eigenvalue weighted by atomic mass is 9.75. The van der Waals surface area contributed by atoms with Gasteiger partial charge in [-0.2, -0.15) is 55.1 Å². The Labute approximate surface area is 405 Å². The fraction of sp³-hybridized carbons (Fsp3) is 0.390. The van der Waals surface area contributed by atoms with Crippen LogP contribution in [0.15, 0.2) is 94.4 Å². The molecule has 0 radical (unpaired) electrons. The predicted octanol–water partition coefficient (Wildman–Crippen LogP) is 3.82. The smallest absolute Gasteiger partial charge is 0.354 e. The Hall–Kier alpha value is -4.79. The van der Waals surface area contributed by atoms with Crippen LogP contribution in [0.4, 0.5) is 11.4 Å². The molecule has 23 nitrogen and oxygen atoms in total. The summed E-state index contributed by atoms with van der Waals surface area (Å²) in [6.07, 6.45) is 4.58. The zero-order valence-electron chi connectivity index (χ0n) is 37.2. The topological polar surface area (TPSA) is 383 Å². The Morgan fingerprint density at radius 1 is 0.643 bits per heavy atom. The molecule has 2 aromatic carbocycles. The molecular formula is C41H50N3O20S6+. The minimum atomic E-state index is -4.84. The van der Waals surface area contributed by atoms with Gasteiger partial charge in [0.25, 0.3) is 60.7 Å². The van der Waals surface area contributed by atoms with Gasteiger partial charge in [-0.15, -0.1) is 0 Å². The first-order valence-electron chi connectivity index (χ1n) is 20.8. The molecule has 2 aliphatic heterocycles. The molecule has 384 valence electrons. The third kappa shape index (κ3) is 14.2. The van der Waals surface area contributed by atoms with Crippen molar-refractivity contribution in [2.45, 2.75) is 73.0 Å². The van der Waals surface area contributed by atoms with E-state index in [-0.39, 0.29) is 96.8 Å². The number of rotatable bonds is 23. The van der Waals surface area contributed by atoms with Gasteiger partial charge in [0.1, 0.15) is 12.2 Å². The van der Waals surface area contributed by atoms with Crippen LogP contribution in [0.25, 0.3) is 5.57 Å². The summed E-state index contributed by atoms with van der Waals surface area (Å²) in [5.74, 6) is -4.41. The molecule has 70 heavy (non-hydrogen) atoms. The predicted molar refractivity (Wildman–Crippen MR) is 254 cm³/mol. The van der Waals surface area contributed by atoms with Crippen LogP contribution in [-0.4, -0.2) is 140 Å². The summed E-state index contributed by atoms with van der Waals surface area (Å²) in [6.45, 7) is 2.82. The molecule has 1 aromatic heterocycles. The minimum absolute atomic E-state index is 0.0149. The van der Waals surface area contributed by atoms with Crippen molar-refractivity contribution in [2.75, 3.05) is 41.0 Å². The highest BCUT2D eigenvalue weighted by molar-refractivity contribution is 7.87. The van der Waals surface area contributed by atoms with Gasteiger partial charge in [-0.1, -0.05) is 12.1 Å². The summed E-state index contributed by atoms with van der Waals surface area (Å²) in [4.78, 5) is 16.9. The SMILES string of the molecule is CC1(CCCS(=O)(=O)O)C(/C=C/C(=C/C=C2/N(CCCS(=O)(=O)O)c3ccc(S(=O)(=O)O)cc3C2(C)CCCS(=O)(=O)O)c2cccc(C(=O)O)n2)=[N+](CCCS(=O)(=O)O)c2ccc(S(=O)(=O)O)cc21. The van der Waals surface area contributed by atoms with E-state index in [2.05, 4.69) is 4.98 Å². The molecule has 29 heteroatoms. The molecule has 0 spiro atoms. The number of anilines is 1. The molecule has 0 saturated carbocycles. The molecule has 0 saturated heterocycles. The number of fused-ring (bicyclic) bond motifs is 2. The maximum atomic E-state index is 12.4. The largest absolute Gasteiger partial charge is 0.477 e. The Bertz CT molecular complexity index is 3410. The molecule has 0 bridgehead atoms. The van der Waals surface area contributed by atoms with E-state index in [1.807, 2.05) is 0 Å². The highest BCUT2D eigenvalue weighted by Gasteiger charge is 2.48. The lowest BCUT2D eigenvalue weighted by molar-refractivity contribution is -0.437. The monoisotopic (exact) mass is 1100 g/mol. The molecule has 2 aliphatic rings. The third-order valence-electron chi connectivity index (χ3n) is 11.8. The van der Waals surface area contributed by atoms with Crippen LogP contribution < -0.4 is 4.90 Å². The summed E-state index contributed by atoms with van der Waals surface area (Å²) in [5.41, 5.74) is -1.77. The molecule has 3 aromatic rings. The molecule has 2 unspecified atom stereocenters. The highest BCUT2D eigenvalue weighted by Crippen LogP contribution is 2.52. The molecule has 2 atom stereocenters. The summed E-state index contributed by atoms with van der Waals surface area (Å²) in [6, 6.07) is 11.0. The molecule has 0 amide bonds. The lowest BCUT2D eigenvalue weighted by Gasteiger charge is -2.30. The van der Waals surface area contributed by atoms with E-state index in [1.54, 1.807) is 23.3 Å². The number of hydrogen-bond acceptors (Lipinski definition) is 15. The van der Waals surface area contributed by atoms with Gasteiger partial charge in [0.2, 0.25) is 5.69 Å². The number of carboxylic acids is 1. The third-order valence-corrected chi connectivity index (χ3v) is 16.8. The van der Waals surface area contributed by atoms with Gasteiger partial charge in [-0.05, 0) is 106 Å². The van der Waals surface area contributed by atoms with E-state index in [9.17, 15) is 87.7 Å². The number of hydrogen-bond donors (Lipinski definition) is 7. The first kappa shape index (κ1) is 56.1. The molecule has 0 aliphatic carbocycles. The second-order valence-electron chi connectivity index (χ2n) is 16.9. The minimum Gasteiger partial charge on any atom is -0.477 e. The van der Waals surface area contributed by atoms with Crippen molar-refractivity contribution in [2.24, 2.45) is 0 Å². The fourth-order valence-electron chi connectivity index (χ4n) is 8.70. The zero-order valence-corrected chi connectivity index (χ0v) is 42.1. The standard InChI is InChI=1S/C41H49N3O20S6/c1-40(18-4-22-65(47,48)49)31-26-29(69(59,60)61)12-14-35(31)43(20-6-24-67(53,54)55)37(40)16-10-28(33-8-3-9-34(42-33)39(45)46)11-17-38-41(2,19-5-23-66(50,51)52)32-27-30(70(62,63)64)13-15-36(32)44(38)21-7-25-68(56,57)58/h3,8-17,26-27H,4-7,18-25H2,1-2H3,(H6-,45,46,47,48,49,50,51,52,53,54,55,56,57,58,59,60,61,62,63,64)/p+1. The van der Waals surface area contributed by atoms with Crippen LogP contribution in [0, 0.1) is 0 Å². The number of pyridine rings is 1. The van der Waals surface area contributed by atoms with Crippen LogP contribution in [0.1, 0.15) is 79.7 Å². The van der Waals surface area contributed by atoms with Crippen molar-refractivity contribution in [3.63, 3.8) is 0 Å². The first-order chi connectivity index (χ1) is 32.0. The van der Waals surface area contributed by atoms with Gasteiger partial charge < -0.3 is 10.0 Å². The molecule has 7 N–H and O–H groups in total. The van der Waals surface area contributed by atoms with Crippen LogP contribution in [0.3, 0.4) is 0 Å². The number of aromatic nitrogens is 1. The van der Waals surface area contributed by atoms with Crippen molar-refractivity contribution in [3.8, 4) is 0 Å². The van der Waals surface area contributed by atoms with Crippen molar-refractivity contribution >= 4 is 89.3 Å². The average molecular weight is 1100 g/mol. The molecule has 0 fully saturated rings. The quantitative estimate of drug-likeness (QED) is 0.0403. The van der Waals surface area contributed by atoms with Crippen LogP contribution >= 0.6 is 0 Å². The van der Waals surface area contributed by atoms with E-state index in [0.717, 1.165) is 24.3 Å². The Balaban J connectivity index is 1.83. The number of carbonyl (C=O) groups is 1. The number of carboxylic acid groups (broad SMARTS) is 1. The summed E-state index contributed by atoms with van der Waals surface area (Å²) in [7, 11) is -27.8. The number of aromatic carboxylic acids is 1. The van der Waals surface area contributed by atoms with Crippen LogP contribution in [0.2, 0.25) is 0 Å². The van der Waals surface area contributed by atoms with Gasteiger partial charge in [0.05, 0.1) is 43.9 Å². The van der Waals surface area contributed by atoms with Crippen molar-refractivity contribution in [3.05, 3.63) is 107 Å². The van der Waals surface area contributed by atoms with E-state index in [4.69, 9.17) is 0 Å². The molecular weight excluding hydrogens is 1050 g/mol. The van der Waals surface area contributed by atoms with Crippen LogP contribution in [0.5, 0.6) is 0 Å². The summed E-state index contributed by atoms with van der Waals surface area (Å²) < 4.78 is 205. The molecule has 5 rings (SSSR count). The van der Waals surface area contributed by atoms with E-state index < -0.39 is 116 Å². The fourth-order valence-corrected chi connectivity index (χ4v) is 11.7. The molecule has 3 heterocycles. The van der Waals surface area contributed by atoms with E-state index in [1.165, 1.54) is 54.6 Å². The summed E-state index contributed by atoms with van der Waals surface area (Å²) in [5, 5.41) is 9.93. The van der Waals surface area contributed by atoms with Gasteiger partial charge in [-0.25, -0.2) is 9.78 Å². The highest BCUT2D eigenvalue weighted by atomic mass is 32.2. The van der Waals surface area contributed by atoms with E-state index >= 15 is 0 Å². The maximum Gasteiger partial charge on any atom is 0.354 e. The maximum absolute atomic E-state index is 12.4. The Kier molecular flexibility index (Phi) is 16.6. The van der Waals surface area contributed by atoms with Gasteiger partial charge in [0.15, 0.2) is 5.71 Å². The van der Waals surface area contributed by atoms with Crippen LogP contribution in [-0.2, 0) is 71.5 Å². The van der Waals surface area contributed by atoms with Gasteiger partial charge >= 0.3 is 5.97 Å². The first-order valence-corrected chi connectivity index (χ1v) is 30.1. The Morgan fingerprint density at radius 2 is 1.14 bits per heavy atom. The summed E-state index contributed by atoms with van der Waals surface area (Å²) >= 11 is 0. The average Bonchev–Trinajstić information content (AvgIpc) is 3.58. The normalized spacial score (nSPS) is 19.9. The second-order valence-corrected chi connectivity index (χ2v) is 26.1. The van der Waals surface area contributed by atoms with Crippen molar-refractivity contribution in [1.82, 2.24) is 4.98 Å². The number of benzene rings is 2. The zero-order chi connectivity index (χ0) is 52.5. The van der Waals surface area contributed by atoms with E-state index in [0.29, 0.717) is 0 Å². The second kappa shape index (κ2) is 20.7. The van der Waals surface area contributed by atoms with Gasteiger partial charge in [-0.3, -0.25) is 27.3 Å². The van der Waals surface area contributed by atoms with Gasteiger partial charge in [0, 0.05) is 53.0 Å².